The lowest BCUT2D eigenvalue weighted by molar-refractivity contribution is 0.328. The molecule has 1 fully saturated rings. The zero-order valence-electron chi connectivity index (χ0n) is 11.9. The summed E-state index contributed by atoms with van der Waals surface area (Å²) in [5.41, 5.74) is 1.22. The molecule has 0 bridgehead atoms. The number of nitrogens with zero attached hydrogens (tertiary/aromatic N) is 2. The maximum absolute atomic E-state index is 12.5. The summed E-state index contributed by atoms with van der Waals surface area (Å²) in [4.78, 5) is 0.320. The molecule has 108 valence electrons. The Morgan fingerprint density at radius 3 is 2.63 bits per heavy atom. The second-order valence-corrected chi connectivity index (χ2v) is 6.97. The minimum absolute atomic E-state index is 0.00902. The van der Waals surface area contributed by atoms with Crippen LogP contribution < -0.4 is 10.0 Å². The van der Waals surface area contributed by atoms with Crippen molar-refractivity contribution in [3.8, 4) is 0 Å². The summed E-state index contributed by atoms with van der Waals surface area (Å²) in [5.74, 6) is 0.292. The molecule has 1 saturated heterocycles. The summed E-state index contributed by atoms with van der Waals surface area (Å²) in [5, 5.41) is 7.44. The van der Waals surface area contributed by atoms with Gasteiger partial charge in [-0.2, -0.15) is 5.10 Å². The molecule has 1 aliphatic heterocycles. The van der Waals surface area contributed by atoms with Gasteiger partial charge < -0.3 is 5.32 Å². The number of aromatic nitrogens is 2. The Morgan fingerprint density at radius 1 is 1.42 bits per heavy atom. The molecule has 1 aliphatic rings. The van der Waals surface area contributed by atoms with Crippen LogP contribution >= 0.6 is 0 Å². The molecule has 1 aromatic heterocycles. The van der Waals surface area contributed by atoms with Crippen molar-refractivity contribution in [3.63, 3.8) is 0 Å². The minimum atomic E-state index is -3.49. The van der Waals surface area contributed by atoms with Crippen molar-refractivity contribution in [1.82, 2.24) is 19.8 Å². The van der Waals surface area contributed by atoms with E-state index < -0.39 is 10.0 Å². The monoisotopic (exact) mass is 286 g/mol. The van der Waals surface area contributed by atoms with E-state index in [0.717, 1.165) is 19.5 Å². The van der Waals surface area contributed by atoms with Crippen molar-refractivity contribution >= 4 is 10.0 Å². The van der Waals surface area contributed by atoms with Crippen molar-refractivity contribution in [1.29, 1.82) is 0 Å². The summed E-state index contributed by atoms with van der Waals surface area (Å²) in [6, 6.07) is -0.00902. The molecule has 2 rings (SSSR count). The summed E-state index contributed by atoms with van der Waals surface area (Å²) in [6.45, 7) is 7.26. The van der Waals surface area contributed by atoms with Crippen LogP contribution in [-0.4, -0.2) is 37.3 Å². The fraction of sp³-hybridized carbons (Fsp3) is 0.750. The highest BCUT2D eigenvalue weighted by Gasteiger charge is 2.30. The van der Waals surface area contributed by atoms with E-state index in [9.17, 15) is 8.42 Å². The van der Waals surface area contributed by atoms with Gasteiger partial charge in [0.25, 0.3) is 0 Å². The van der Waals surface area contributed by atoms with Crippen molar-refractivity contribution < 1.29 is 8.42 Å². The van der Waals surface area contributed by atoms with Crippen molar-refractivity contribution in [2.24, 2.45) is 13.0 Å². The third-order valence-electron chi connectivity index (χ3n) is 3.80. The summed E-state index contributed by atoms with van der Waals surface area (Å²) >= 11 is 0. The average molecular weight is 286 g/mol. The van der Waals surface area contributed by atoms with E-state index in [1.165, 1.54) is 0 Å². The molecule has 0 saturated carbocycles. The van der Waals surface area contributed by atoms with Crippen molar-refractivity contribution in [2.45, 2.75) is 38.1 Å². The van der Waals surface area contributed by atoms with E-state index in [-0.39, 0.29) is 6.04 Å². The second kappa shape index (κ2) is 5.22. The van der Waals surface area contributed by atoms with Gasteiger partial charge in [0.05, 0.1) is 11.4 Å². The predicted octanol–water partition coefficient (Wildman–Crippen LogP) is 0.313. The highest BCUT2D eigenvalue weighted by atomic mass is 32.2. The van der Waals surface area contributed by atoms with Crippen molar-refractivity contribution in [3.05, 3.63) is 11.4 Å². The molecular weight excluding hydrogens is 264 g/mol. The molecule has 0 aromatic carbocycles. The zero-order chi connectivity index (χ0) is 14.2. The van der Waals surface area contributed by atoms with Crippen LogP contribution in [0.25, 0.3) is 0 Å². The Bertz CT molecular complexity index is 565. The largest absolute Gasteiger partial charge is 0.316 e. The Hall–Kier alpha value is -0.920. The summed E-state index contributed by atoms with van der Waals surface area (Å²) < 4.78 is 29.5. The maximum atomic E-state index is 12.5. The van der Waals surface area contributed by atoms with Gasteiger partial charge in [-0.05, 0) is 39.3 Å². The van der Waals surface area contributed by atoms with Crippen LogP contribution in [0, 0.1) is 19.8 Å². The van der Waals surface area contributed by atoms with Gasteiger partial charge in [0.15, 0.2) is 0 Å². The SMILES string of the molecule is Cc1nn(C)c(C)c1S(=O)(=O)NC1CCNCC1C. The lowest BCUT2D eigenvalue weighted by Gasteiger charge is -2.29. The number of rotatable bonds is 3. The highest BCUT2D eigenvalue weighted by molar-refractivity contribution is 7.89. The normalized spacial score (nSPS) is 24.6. The number of hydrogen-bond acceptors (Lipinski definition) is 4. The van der Waals surface area contributed by atoms with Crippen LogP contribution in [0.2, 0.25) is 0 Å². The van der Waals surface area contributed by atoms with E-state index in [1.54, 1.807) is 25.6 Å². The van der Waals surface area contributed by atoms with Crippen LogP contribution in [0.15, 0.2) is 4.90 Å². The van der Waals surface area contributed by atoms with Gasteiger partial charge in [0, 0.05) is 13.1 Å². The van der Waals surface area contributed by atoms with Crippen LogP contribution in [0.3, 0.4) is 0 Å². The zero-order valence-corrected chi connectivity index (χ0v) is 12.7. The number of hydrogen-bond donors (Lipinski definition) is 2. The van der Waals surface area contributed by atoms with Crippen molar-refractivity contribution in [2.75, 3.05) is 13.1 Å². The molecule has 2 heterocycles. The van der Waals surface area contributed by atoms with Gasteiger partial charge in [-0.15, -0.1) is 0 Å². The third kappa shape index (κ3) is 2.82. The first kappa shape index (κ1) is 14.5. The van der Waals surface area contributed by atoms with Gasteiger partial charge in [-0.3, -0.25) is 4.68 Å². The quantitative estimate of drug-likeness (QED) is 0.839. The molecule has 0 amide bonds. The first-order valence-corrected chi connectivity index (χ1v) is 8.04. The Kier molecular flexibility index (Phi) is 3.98. The maximum Gasteiger partial charge on any atom is 0.244 e. The summed E-state index contributed by atoms with van der Waals surface area (Å²) in [7, 11) is -1.74. The van der Waals surface area contributed by atoms with Crippen LogP contribution in [-0.2, 0) is 17.1 Å². The first-order valence-electron chi connectivity index (χ1n) is 6.56. The fourth-order valence-electron chi connectivity index (χ4n) is 2.59. The molecule has 2 unspecified atom stereocenters. The highest BCUT2D eigenvalue weighted by Crippen LogP contribution is 2.21. The molecular formula is C12H22N4O2S. The number of nitrogens with one attached hydrogen (secondary N) is 2. The number of aryl methyl sites for hydroxylation is 2. The van der Waals surface area contributed by atoms with Crippen LogP contribution in [0.1, 0.15) is 24.7 Å². The minimum Gasteiger partial charge on any atom is -0.316 e. The van der Waals surface area contributed by atoms with Crippen LogP contribution in [0.4, 0.5) is 0 Å². The average Bonchev–Trinajstić information content (AvgIpc) is 2.56. The summed E-state index contributed by atoms with van der Waals surface area (Å²) in [6.07, 6.45) is 0.818. The van der Waals surface area contributed by atoms with E-state index in [4.69, 9.17) is 0 Å². The molecule has 0 radical (unpaired) electrons. The standard InChI is InChI=1S/C12H22N4O2S/c1-8-7-13-6-5-11(8)15-19(17,18)12-9(2)14-16(4)10(12)3/h8,11,13,15H,5-7H2,1-4H3. The molecule has 2 atom stereocenters. The third-order valence-corrected chi connectivity index (χ3v) is 5.54. The molecule has 0 spiro atoms. The molecule has 7 heteroatoms. The van der Waals surface area contributed by atoms with Gasteiger partial charge in [-0.25, -0.2) is 13.1 Å². The van der Waals surface area contributed by atoms with E-state index in [0.29, 0.717) is 22.2 Å². The van der Waals surface area contributed by atoms with Gasteiger partial charge in [0.1, 0.15) is 4.90 Å². The molecule has 2 N–H and O–H groups in total. The molecule has 1 aromatic rings. The van der Waals surface area contributed by atoms with Gasteiger partial charge in [-0.1, -0.05) is 6.92 Å². The van der Waals surface area contributed by atoms with Gasteiger partial charge in [0.2, 0.25) is 10.0 Å². The first-order chi connectivity index (χ1) is 8.83. The smallest absolute Gasteiger partial charge is 0.244 e. The molecule has 0 aliphatic carbocycles. The van der Waals surface area contributed by atoms with E-state index in [2.05, 4.69) is 22.1 Å². The second-order valence-electron chi connectivity index (χ2n) is 5.32. The van der Waals surface area contributed by atoms with Crippen LogP contribution in [0.5, 0.6) is 0 Å². The molecule has 6 nitrogen and oxygen atoms in total. The Labute approximate surface area is 114 Å². The lowest BCUT2D eigenvalue weighted by Crippen LogP contribution is -2.48. The fourth-order valence-corrected chi connectivity index (χ4v) is 4.41. The molecule has 19 heavy (non-hydrogen) atoms. The lowest BCUT2D eigenvalue weighted by atomic mass is 9.97. The predicted molar refractivity (Wildman–Crippen MR) is 73.4 cm³/mol. The van der Waals surface area contributed by atoms with E-state index >= 15 is 0 Å². The Morgan fingerprint density at radius 2 is 2.11 bits per heavy atom. The number of piperidine rings is 1. The number of sulfonamides is 1. The topological polar surface area (TPSA) is 76.0 Å². The Balaban J connectivity index is 2.27. The van der Waals surface area contributed by atoms with Gasteiger partial charge >= 0.3 is 0 Å². The van der Waals surface area contributed by atoms with E-state index in [1.807, 2.05) is 0 Å².